The zero-order valence-electron chi connectivity index (χ0n) is 11.4. The summed E-state index contributed by atoms with van der Waals surface area (Å²) in [6.45, 7) is 11.6. The second-order valence-corrected chi connectivity index (χ2v) is 8.01. The Morgan fingerprint density at radius 1 is 1.06 bits per heavy atom. The van der Waals surface area contributed by atoms with Crippen molar-refractivity contribution in [3.05, 3.63) is 9.81 Å². The van der Waals surface area contributed by atoms with Gasteiger partial charge in [0.25, 0.3) is 0 Å². The molecule has 1 aliphatic heterocycles. The van der Waals surface area contributed by atoms with Crippen molar-refractivity contribution in [3.8, 4) is 0 Å². The smallest absolute Gasteiger partial charge is 0.0183 e. The van der Waals surface area contributed by atoms with E-state index in [1.54, 1.807) is 9.81 Å². The molecule has 16 heavy (non-hydrogen) atoms. The quantitative estimate of drug-likeness (QED) is 0.634. The van der Waals surface area contributed by atoms with Crippen LogP contribution >= 0.6 is 23.5 Å². The molecule has 1 unspecified atom stereocenters. The highest BCUT2D eigenvalue weighted by molar-refractivity contribution is 8.10. The minimum absolute atomic E-state index is 0.792. The summed E-state index contributed by atoms with van der Waals surface area (Å²) in [5, 5.41) is 0.856. The van der Waals surface area contributed by atoms with Crippen LogP contribution in [0.25, 0.3) is 0 Å². The molecule has 0 aromatic carbocycles. The minimum Gasteiger partial charge on any atom is -0.129 e. The third-order valence-electron chi connectivity index (χ3n) is 2.71. The first-order valence-electron chi connectivity index (χ1n) is 6.54. The Kier molecular flexibility index (Phi) is 6.35. The van der Waals surface area contributed by atoms with Crippen molar-refractivity contribution in [2.45, 2.75) is 59.1 Å². The second kappa shape index (κ2) is 7.00. The van der Waals surface area contributed by atoms with Gasteiger partial charge in [-0.05, 0) is 40.9 Å². The van der Waals surface area contributed by atoms with Crippen molar-refractivity contribution in [2.24, 2.45) is 11.8 Å². The van der Waals surface area contributed by atoms with Gasteiger partial charge in [-0.25, -0.2) is 0 Å². The predicted octanol–water partition coefficient (Wildman–Crippen LogP) is 5.55. The molecular formula is C14H26S2. The van der Waals surface area contributed by atoms with E-state index < -0.39 is 0 Å². The maximum atomic E-state index is 2.33. The Hall–Kier alpha value is 0.440. The molecule has 0 bridgehead atoms. The standard InChI is InChI=1S/C14H26S2/c1-6-12-9-15-13(7-10(2)3)14(16-12)8-11(4)5/h10-12H,6-9H2,1-5H3. The molecule has 0 saturated carbocycles. The van der Waals surface area contributed by atoms with Crippen LogP contribution in [0.3, 0.4) is 0 Å². The fourth-order valence-corrected chi connectivity index (χ4v) is 5.18. The Morgan fingerprint density at radius 3 is 2.12 bits per heavy atom. The maximum absolute atomic E-state index is 2.33. The van der Waals surface area contributed by atoms with Gasteiger partial charge in [0.15, 0.2) is 0 Å². The van der Waals surface area contributed by atoms with Crippen LogP contribution in [0, 0.1) is 11.8 Å². The first kappa shape index (κ1) is 14.5. The first-order chi connectivity index (χ1) is 7.52. The van der Waals surface area contributed by atoms with E-state index in [1.165, 1.54) is 25.0 Å². The predicted molar refractivity (Wildman–Crippen MR) is 80.1 cm³/mol. The van der Waals surface area contributed by atoms with Gasteiger partial charge in [0, 0.05) is 11.0 Å². The summed E-state index contributed by atoms with van der Waals surface area (Å²) >= 11 is 4.30. The van der Waals surface area contributed by atoms with Gasteiger partial charge >= 0.3 is 0 Å². The molecule has 94 valence electrons. The van der Waals surface area contributed by atoms with Crippen molar-refractivity contribution in [2.75, 3.05) is 5.75 Å². The summed E-state index contributed by atoms with van der Waals surface area (Å²) < 4.78 is 0. The fourth-order valence-electron chi connectivity index (χ4n) is 1.85. The number of hydrogen-bond donors (Lipinski definition) is 0. The highest BCUT2D eigenvalue weighted by Crippen LogP contribution is 2.44. The summed E-state index contributed by atoms with van der Waals surface area (Å²) in [5.74, 6) is 2.91. The highest BCUT2D eigenvalue weighted by atomic mass is 32.2. The lowest BCUT2D eigenvalue weighted by molar-refractivity contribution is 0.634. The van der Waals surface area contributed by atoms with E-state index in [9.17, 15) is 0 Å². The normalized spacial score (nSPS) is 22.3. The fraction of sp³-hybridized carbons (Fsp3) is 0.857. The molecule has 0 radical (unpaired) electrons. The zero-order chi connectivity index (χ0) is 12.1. The zero-order valence-corrected chi connectivity index (χ0v) is 13.0. The van der Waals surface area contributed by atoms with Crippen molar-refractivity contribution in [3.63, 3.8) is 0 Å². The van der Waals surface area contributed by atoms with Gasteiger partial charge in [0.05, 0.1) is 0 Å². The van der Waals surface area contributed by atoms with Crippen LogP contribution in [0.1, 0.15) is 53.9 Å². The van der Waals surface area contributed by atoms with E-state index in [0.717, 1.165) is 17.1 Å². The van der Waals surface area contributed by atoms with Gasteiger partial charge < -0.3 is 0 Å². The van der Waals surface area contributed by atoms with Gasteiger partial charge in [0.1, 0.15) is 0 Å². The van der Waals surface area contributed by atoms with Crippen LogP contribution in [0.5, 0.6) is 0 Å². The maximum Gasteiger partial charge on any atom is 0.0183 e. The number of allylic oxidation sites excluding steroid dienone is 2. The third kappa shape index (κ3) is 4.75. The van der Waals surface area contributed by atoms with E-state index in [0.29, 0.717) is 0 Å². The molecule has 0 nitrogen and oxygen atoms in total. The molecule has 0 fully saturated rings. The highest BCUT2D eigenvalue weighted by Gasteiger charge is 2.22. The van der Waals surface area contributed by atoms with E-state index >= 15 is 0 Å². The van der Waals surface area contributed by atoms with Crippen LogP contribution < -0.4 is 0 Å². The van der Waals surface area contributed by atoms with Crippen LogP contribution in [0.15, 0.2) is 9.81 Å². The largest absolute Gasteiger partial charge is 0.129 e. The lowest BCUT2D eigenvalue weighted by Crippen LogP contribution is -2.12. The summed E-state index contributed by atoms with van der Waals surface area (Å²) in [4.78, 5) is 3.39. The molecule has 0 N–H and O–H groups in total. The van der Waals surface area contributed by atoms with Gasteiger partial charge in [-0.15, -0.1) is 23.5 Å². The molecule has 0 saturated heterocycles. The molecule has 1 atom stereocenters. The van der Waals surface area contributed by atoms with Crippen molar-refractivity contribution in [1.82, 2.24) is 0 Å². The number of thioether (sulfide) groups is 2. The number of hydrogen-bond acceptors (Lipinski definition) is 2. The Bertz CT molecular complexity index is 241. The second-order valence-electron chi connectivity index (χ2n) is 5.50. The average Bonchev–Trinajstić information content (AvgIpc) is 2.19. The molecular weight excluding hydrogens is 232 g/mol. The molecule has 1 aliphatic rings. The van der Waals surface area contributed by atoms with Crippen molar-refractivity contribution in [1.29, 1.82) is 0 Å². The molecule has 0 aromatic heterocycles. The van der Waals surface area contributed by atoms with Crippen LogP contribution in [0.2, 0.25) is 0 Å². The Morgan fingerprint density at radius 2 is 1.62 bits per heavy atom. The summed E-state index contributed by atoms with van der Waals surface area (Å²) in [6, 6.07) is 0. The van der Waals surface area contributed by atoms with Crippen LogP contribution in [0.4, 0.5) is 0 Å². The van der Waals surface area contributed by atoms with Crippen LogP contribution in [-0.4, -0.2) is 11.0 Å². The van der Waals surface area contributed by atoms with Gasteiger partial charge in [0.2, 0.25) is 0 Å². The molecule has 0 spiro atoms. The topological polar surface area (TPSA) is 0 Å². The lowest BCUT2D eigenvalue weighted by Gasteiger charge is -2.27. The lowest BCUT2D eigenvalue weighted by atomic mass is 10.1. The van der Waals surface area contributed by atoms with Gasteiger partial charge in [-0.3, -0.25) is 0 Å². The molecule has 2 heteroatoms. The molecule has 0 aliphatic carbocycles. The Balaban J connectivity index is 2.72. The van der Waals surface area contributed by atoms with E-state index in [4.69, 9.17) is 0 Å². The molecule has 1 rings (SSSR count). The van der Waals surface area contributed by atoms with Crippen LogP contribution in [-0.2, 0) is 0 Å². The third-order valence-corrected chi connectivity index (χ3v) is 5.91. The summed E-state index contributed by atoms with van der Waals surface area (Å²) in [6.07, 6.45) is 3.89. The van der Waals surface area contributed by atoms with E-state index in [1.807, 2.05) is 0 Å². The van der Waals surface area contributed by atoms with Crippen molar-refractivity contribution >= 4 is 23.5 Å². The SMILES string of the molecule is CCC1CSC(CC(C)C)=C(CC(C)C)S1. The van der Waals surface area contributed by atoms with Gasteiger partial charge in [-0.2, -0.15) is 0 Å². The minimum atomic E-state index is 0.792. The first-order valence-corrected chi connectivity index (χ1v) is 8.40. The monoisotopic (exact) mass is 258 g/mol. The van der Waals surface area contributed by atoms with E-state index in [2.05, 4.69) is 58.1 Å². The van der Waals surface area contributed by atoms with E-state index in [-0.39, 0.29) is 0 Å². The molecule has 0 aromatic rings. The summed E-state index contributed by atoms with van der Waals surface area (Å²) in [5.41, 5.74) is 0. The summed E-state index contributed by atoms with van der Waals surface area (Å²) in [7, 11) is 0. The molecule has 0 amide bonds. The Labute approximate surface area is 110 Å². The average molecular weight is 258 g/mol. The van der Waals surface area contributed by atoms with Crippen molar-refractivity contribution < 1.29 is 0 Å². The van der Waals surface area contributed by atoms with Gasteiger partial charge in [-0.1, -0.05) is 34.6 Å². The molecule has 1 heterocycles. The number of rotatable bonds is 5.